The fourth-order valence-electron chi connectivity index (χ4n) is 3.71. The van der Waals surface area contributed by atoms with Gasteiger partial charge in [-0.3, -0.25) is 9.52 Å². The summed E-state index contributed by atoms with van der Waals surface area (Å²) in [5.41, 5.74) is 0.907. The van der Waals surface area contributed by atoms with Gasteiger partial charge in [0.15, 0.2) is 0 Å². The van der Waals surface area contributed by atoms with Gasteiger partial charge in [0.25, 0.3) is 10.0 Å². The average molecular weight is 465 g/mol. The van der Waals surface area contributed by atoms with Gasteiger partial charge in [-0.15, -0.1) is 0 Å². The minimum atomic E-state index is -3.98. The molecule has 0 aromatic heterocycles. The van der Waals surface area contributed by atoms with Gasteiger partial charge < -0.3 is 10.1 Å². The molecule has 2 aromatic carbocycles. The van der Waals surface area contributed by atoms with Gasteiger partial charge in [-0.2, -0.15) is 0 Å². The standard InChI is InChI=1S/C22H25ClN2O5S/c1-30-22(27)17-10-16(14-24-21(26)12-15-6-2-3-7-15)11-18(13-17)25-31(28,29)20-9-5-4-8-19(20)23/h4-5,8-11,13,15,25H,2-3,6-7,12,14H2,1H3,(H,24,26). The van der Waals surface area contributed by atoms with Gasteiger partial charge in [0.05, 0.1) is 23.4 Å². The van der Waals surface area contributed by atoms with Crippen molar-refractivity contribution in [2.45, 2.75) is 43.5 Å². The molecular weight excluding hydrogens is 440 g/mol. The van der Waals surface area contributed by atoms with E-state index in [1.807, 2.05) is 0 Å². The molecule has 0 aliphatic heterocycles. The summed E-state index contributed by atoms with van der Waals surface area (Å²) in [5.74, 6) is -0.259. The zero-order chi connectivity index (χ0) is 22.4. The first kappa shape index (κ1) is 23.1. The van der Waals surface area contributed by atoms with Gasteiger partial charge in [0.1, 0.15) is 4.90 Å². The summed E-state index contributed by atoms with van der Waals surface area (Å²) >= 11 is 6.02. The number of rotatable bonds is 8. The number of sulfonamides is 1. The van der Waals surface area contributed by atoms with E-state index < -0.39 is 16.0 Å². The van der Waals surface area contributed by atoms with Crippen LogP contribution in [0.3, 0.4) is 0 Å². The molecule has 0 heterocycles. The molecule has 1 aliphatic carbocycles. The van der Waals surface area contributed by atoms with Crippen LogP contribution < -0.4 is 10.0 Å². The zero-order valence-corrected chi connectivity index (χ0v) is 18.8. The summed E-state index contributed by atoms with van der Waals surface area (Å²) in [6, 6.07) is 10.6. The largest absolute Gasteiger partial charge is 0.465 e. The molecule has 31 heavy (non-hydrogen) atoms. The molecule has 2 N–H and O–H groups in total. The smallest absolute Gasteiger partial charge is 0.337 e. The van der Waals surface area contributed by atoms with Crippen LogP contribution >= 0.6 is 11.6 Å². The highest BCUT2D eigenvalue weighted by Crippen LogP contribution is 2.28. The summed E-state index contributed by atoms with van der Waals surface area (Å²) in [4.78, 5) is 24.2. The monoisotopic (exact) mass is 464 g/mol. The fraction of sp³-hybridized carbons (Fsp3) is 0.364. The van der Waals surface area contributed by atoms with E-state index in [4.69, 9.17) is 16.3 Å². The SMILES string of the molecule is COC(=O)c1cc(CNC(=O)CC2CCCC2)cc(NS(=O)(=O)c2ccccc2Cl)c1. The van der Waals surface area contributed by atoms with Crippen molar-refractivity contribution in [3.63, 3.8) is 0 Å². The van der Waals surface area contributed by atoms with Crippen molar-refractivity contribution in [1.82, 2.24) is 5.32 Å². The summed E-state index contributed by atoms with van der Waals surface area (Å²) in [7, 11) is -2.74. The molecule has 9 heteroatoms. The van der Waals surface area contributed by atoms with Gasteiger partial charge in [-0.1, -0.05) is 36.6 Å². The van der Waals surface area contributed by atoms with Crippen LogP contribution in [0.1, 0.15) is 48.0 Å². The summed E-state index contributed by atoms with van der Waals surface area (Å²) < 4.78 is 32.7. The summed E-state index contributed by atoms with van der Waals surface area (Å²) in [6.07, 6.45) is 4.93. The second-order valence-electron chi connectivity index (χ2n) is 7.58. The Labute approximate surface area is 187 Å². The third kappa shape index (κ3) is 6.21. The Bertz CT molecular complexity index is 1070. The Balaban J connectivity index is 1.79. The van der Waals surface area contributed by atoms with Crippen LogP contribution in [-0.2, 0) is 26.1 Å². The number of benzene rings is 2. The van der Waals surface area contributed by atoms with Crippen molar-refractivity contribution in [2.24, 2.45) is 5.92 Å². The molecule has 0 atom stereocenters. The van der Waals surface area contributed by atoms with E-state index in [-0.39, 0.29) is 33.6 Å². The second kappa shape index (κ2) is 10.2. The van der Waals surface area contributed by atoms with Crippen LogP contribution in [-0.4, -0.2) is 27.4 Å². The first-order valence-electron chi connectivity index (χ1n) is 10.0. The molecule has 1 saturated carbocycles. The third-order valence-electron chi connectivity index (χ3n) is 5.23. The van der Waals surface area contributed by atoms with Crippen molar-refractivity contribution < 1.29 is 22.7 Å². The topological polar surface area (TPSA) is 102 Å². The molecule has 0 unspecified atom stereocenters. The summed E-state index contributed by atoms with van der Waals surface area (Å²) in [6.45, 7) is 0.164. The number of carbonyl (C=O) groups excluding carboxylic acids is 2. The van der Waals surface area contributed by atoms with Crippen molar-refractivity contribution in [1.29, 1.82) is 0 Å². The number of anilines is 1. The Morgan fingerprint density at radius 1 is 1.13 bits per heavy atom. The molecular formula is C22H25ClN2O5S. The van der Waals surface area contributed by atoms with Crippen LogP contribution in [0.25, 0.3) is 0 Å². The number of nitrogens with one attached hydrogen (secondary N) is 2. The lowest BCUT2D eigenvalue weighted by atomic mass is 10.0. The molecule has 7 nitrogen and oxygen atoms in total. The molecule has 1 aliphatic rings. The Morgan fingerprint density at radius 3 is 2.52 bits per heavy atom. The van der Waals surface area contributed by atoms with Crippen LogP contribution in [0.5, 0.6) is 0 Å². The van der Waals surface area contributed by atoms with Crippen LogP contribution in [0.4, 0.5) is 5.69 Å². The molecule has 3 rings (SSSR count). The van der Waals surface area contributed by atoms with Crippen LogP contribution in [0, 0.1) is 5.92 Å². The van der Waals surface area contributed by atoms with Gasteiger partial charge in [0.2, 0.25) is 5.91 Å². The van der Waals surface area contributed by atoms with Gasteiger partial charge in [0, 0.05) is 13.0 Å². The first-order valence-corrected chi connectivity index (χ1v) is 11.9. The lowest BCUT2D eigenvalue weighted by Crippen LogP contribution is -2.25. The predicted molar refractivity (Wildman–Crippen MR) is 118 cm³/mol. The minimum absolute atomic E-state index is 0.0615. The number of ether oxygens (including phenoxy) is 1. The molecule has 1 fully saturated rings. The lowest BCUT2D eigenvalue weighted by molar-refractivity contribution is -0.122. The number of amides is 1. The zero-order valence-electron chi connectivity index (χ0n) is 17.2. The Kier molecular flexibility index (Phi) is 7.56. The number of esters is 1. The van der Waals surface area contributed by atoms with E-state index in [2.05, 4.69) is 10.0 Å². The van der Waals surface area contributed by atoms with E-state index in [9.17, 15) is 18.0 Å². The van der Waals surface area contributed by atoms with Crippen LogP contribution in [0.15, 0.2) is 47.4 Å². The Morgan fingerprint density at radius 2 is 1.84 bits per heavy atom. The molecule has 2 aromatic rings. The van der Waals surface area contributed by atoms with E-state index in [0.717, 1.165) is 25.7 Å². The van der Waals surface area contributed by atoms with Crippen molar-refractivity contribution in [3.05, 3.63) is 58.6 Å². The maximum absolute atomic E-state index is 12.8. The summed E-state index contributed by atoms with van der Waals surface area (Å²) in [5, 5.41) is 2.93. The quantitative estimate of drug-likeness (QED) is 0.572. The van der Waals surface area contributed by atoms with Crippen molar-refractivity contribution in [3.8, 4) is 0 Å². The molecule has 1 amide bonds. The van der Waals surface area contributed by atoms with Crippen LogP contribution in [0.2, 0.25) is 5.02 Å². The number of hydrogen-bond donors (Lipinski definition) is 2. The maximum Gasteiger partial charge on any atom is 0.337 e. The van der Waals surface area contributed by atoms with E-state index in [0.29, 0.717) is 17.9 Å². The van der Waals surface area contributed by atoms with Gasteiger partial charge >= 0.3 is 5.97 Å². The number of halogens is 1. The third-order valence-corrected chi connectivity index (χ3v) is 7.11. The normalized spacial score (nSPS) is 14.3. The number of methoxy groups -OCH3 is 1. The molecule has 166 valence electrons. The lowest BCUT2D eigenvalue weighted by Gasteiger charge is -2.14. The maximum atomic E-state index is 12.8. The van der Waals surface area contributed by atoms with E-state index in [1.165, 1.54) is 25.3 Å². The van der Waals surface area contributed by atoms with Crippen molar-refractivity contribution >= 4 is 39.2 Å². The van der Waals surface area contributed by atoms with Gasteiger partial charge in [-0.25, -0.2) is 13.2 Å². The average Bonchev–Trinajstić information content (AvgIpc) is 3.24. The van der Waals surface area contributed by atoms with Crippen molar-refractivity contribution in [2.75, 3.05) is 11.8 Å². The Hall–Kier alpha value is -2.58. The second-order valence-corrected chi connectivity index (χ2v) is 9.64. The number of carbonyl (C=O) groups is 2. The van der Waals surface area contributed by atoms with E-state index in [1.54, 1.807) is 24.3 Å². The highest BCUT2D eigenvalue weighted by Gasteiger charge is 2.20. The highest BCUT2D eigenvalue weighted by molar-refractivity contribution is 7.92. The highest BCUT2D eigenvalue weighted by atomic mass is 35.5. The minimum Gasteiger partial charge on any atom is -0.465 e. The molecule has 0 radical (unpaired) electrons. The molecule has 0 saturated heterocycles. The first-order chi connectivity index (χ1) is 14.8. The molecule has 0 bridgehead atoms. The number of hydrogen-bond acceptors (Lipinski definition) is 5. The van der Waals surface area contributed by atoms with Gasteiger partial charge in [-0.05, 0) is 54.7 Å². The molecule has 0 spiro atoms. The predicted octanol–water partition coefficient (Wildman–Crippen LogP) is 4.12. The van der Waals surface area contributed by atoms with E-state index >= 15 is 0 Å². The fourth-order valence-corrected chi connectivity index (χ4v) is 5.27.